The highest BCUT2D eigenvalue weighted by molar-refractivity contribution is 9.10. The lowest BCUT2D eigenvalue weighted by atomic mass is 10.2. The molecule has 1 amide bonds. The number of hydrogen-bond acceptors (Lipinski definition) is 3. The molecule has 1 aromatic carbocycles. The molecule has 0 heterocycles. The molecule has 0 aliphatic carbocycles. The van der Waals surface area contributed by atoms with Gasteiger partial charge in [-0.1, -0.05) is 6.92 Å². The third-order valence-electron chi connectivity index (χ3n) is 2.26. The molecule has 0 saturated heterocycles. The molecular weight excluding hydrogens is 320 g/mol. The van der Waals surface area contributed by atoms with Gasteiger partial charge in [0.15, 0.2) is 0 Å². The summed E-state index contributed by atoms with van der Waals surface area (Å²) in [5.74, 6) is 0.568. The van der Waals surface area contributed by atoms with Crippen molar-refractivity contribution in [3.63, 3.8) is 0 Å². The van der Waals surface area contributed by atoms with Crippen molar-refractivity contribution < 1.29 is 9.53 Å². The topological polar surface area (TPSA) is 50.4 Å². The predicted octanol–water partition coefficient (Wildman–Crippen LogP) is 2.22. The number of amides is 1. The molecule has 0 atom stereocenters. The summed E-state index contributed by atoms with van der Waals surface area (Å²) in [5.41, 5.74) is 0.584. The Labute approximate surface area is 122 Å². The third kappa shape index (κ3) is 5.25. The van der Waals surface area contributed by atoms with E-state index in [1.165, 1.54) is 0 Å². The van der Waals surface area contributed by atoms with Gasteiger partial charge < -0.3 is 15.4 Å². The first-order valence-corrected chi connectivity index (χ1v) is 6.30. The van der Waals surface area contributed by atoms with Crippen LogP contribution >= 0.6 is 28.3 Å². The normalized spacial score (nSPS) is 9.50. The van der Waals surface area contributed by atoms with E-state index >= 15 is 0 Å². The van der Waals surface area contributed by atoms with Gasteiger partial charge in [0.05, 0.1) is 12.7 Å². The molecule has 0 unspecified atom stereocenters. The molecule has 1 rings (SSSR count). The summed E-state index contributed by atoms with van der Waals surface area (Å²) in [6.45, 7) is 4.30. The number of likely N-dealkylation sites (N-methyl/N-ethyl adjacent to an activating group) is 1. The maximum Gasteiger partial charge on any atom is 0.252 e. The first-order valence-electron chi connectivity index (χ1n) is 5.51. The maximum atomic E-state index is 11.9. The fraction of sp³-hybridized carbons (Fsp3) is 0.417. The number of carbonyl (C=O) groups is 1. The Bertz CT molecular complexity index is 388. The fourth-order valence-corrected chi connectivity index (χ4v) is 1.77. The van der Waals surface area contributed by atoms with Gasteiger partial charge in [-0.25, -0.2) is 0 Å². The van der Waals surface area contributed by atoms with Gasteiger partial charge in [-0.3, -0.25) is 4.79 Å². The van der Waals surface area contributed by atoms with Crippen molar-refractivity contribution in [2.45, 2.75) is 6.92 Å². The van der Waals surface area contributed by atoms with Gasteiger partial charge in [0.2, 0.25) is 0 Å². The van der Waals surface area contributed by atoms with Crippen molar-refractivity contribution >= 4 is 34.2 Å². The van der Waals surface area contributed by atoms with E-state index in [4.69, 9.17) is 4.74 Å². The van der Waals surface area contributed by atoms with Crippen molar-refractivity contribution in [1.82, 2.24) is 10.6 Å². The molecule has 0 bridgehead atoms. The van der Waals surface area contributed by atoms with Gasteiger partial charge in [-0.05, 0) is 40.7 Å². The number of benzene rings is 1. The largest absolute Gasteiger partial charge is 0.497 e. The van der Waals surface area contributed by atoms with Crippen LogP contribution in [0.1, 0.15) is 17.3 Å². The van der Waals surface area contributed by atoms with Crippen LogP contribution in [0.5, 0.6) is 5.75 Å². The zero-order valence-corrected chi connectivity index (χ0v) is 12.9. The Balaban J connectivity index is 0.00000289. The highest BCUT2D eigenvalue weighted by atomic mass is 79.9. The summed E-state index contributed by atoms with van der Waals surface area (Å²) in [5, 5.41) is 5.98. The van der Waals surface area contributed by atoms with Gasteiger partial charge in [-0.2, -0.15) is 0 Å². The Hall–Kier alpha value is -0.780. The van der Waals surface area contributed by atoms with Crippen molar-refractivity contribution in [1.29, 1.82) is 0 Å². The molecule has 0 aromatic heterocycles. The quantitative estimate of drug-likeness (QED) is 0.783. The van der Waals surface area contributed by atoms with Crippen LogP contribution in [0.3, 0.4) is 0 Å². The lowest BCUT2D eigenvalue weighted by molar-refractivity contribution is 0.0953. The summed E-state index contributed by atoms with van der Waals surface area (Å²) in [7, 11) is 1.58. The number of ether oxygens (including phenoxy) is 1. The molecule has 0 radical (unpaired) electrons. The van der Waals surface area contributed by atoms with Crippen molar-refractivity contribution in [3.05, 3.63) is 28.2 Å². The van der Waals surface area contributed by atoms with E-state index in [-0.39, 0.29) is 18.3 Å². The van der Waals surface area contributed by atoms with Crippen molar-refractivity contribution in [3.8, 4) is 5.75 Å². The second kappa shape index (κ2) is 9.19. The van der Waals surface area contributed by atoms with Crippen LogP contribution in [-0.4, -0.2) is 32.7 Å². The number of methoxy groups -OCH3 is 1. The standard InChI is InChI=1S/C12H17BrN2O2.ClH/c1-3-14-6-7-15-12(16)10-8-9(17-2)4-5-11(10)13;/h4-5,8,14H,3,6-7H2,1-2H3,(H,15,16);1H. The van der Waals surface area contributed by atoms with Gasteiger partial charge in [0, 0.05) is 17.6 Å². The summed E-state index contributed by atoms with van der Waals surface area (Å²) < 4.78 is 5.85. The molecule has 0 spiro atoms. The number of carbonyl (C=O) groups excluding carboxylic acids is 1. The molecule has 0 fully saturated rings. The molecule has 0 saturated carbocycles. The van der Waals surface area contributed by atoms with Crippen LogP contribution in [0.4, 0.5) is 0 Å². The van der Waals surface area contributed by atoms with E-state index in [9.17, 15) is 4.79 Å². The van der Waals surface area contributed by atoms with Crippen LogP contribution < -0.4 is 15.4 Å². The van der Waals surface area contributed by atoms with Crippen LogP contribution in [0.25, 0.3) is 0 Å². The number of rotatable bonds is 6. The van der Waals surface area contributed by atoms with E-state index in [0.29, 0.717) is 17.9 Å². The first-order chi connectivity index (χ1) is 8.19. The highest BCUT2D eigenvalue weighted by Crippen LogP contribution is 2.22. The second-order valence-corrected chi connectivity index (χ2v) is 4.31. The minimum Gasteiger partial charge on any atom is -0.497 e. The SMILES string of the molecule is CCNCCNC(=O)c1cc(OC)ccc1Br.Cl. The van der Waals surface area contributed by atoms with Crippen LogP contribution in [0.15, 0.2) is 22.7 Å². The number of halogens is 2. The van der Waals surface area contributed by atoms with E-state index in [1.807, 2.05) is 6.92 Å². The Morgan fingerprint density at radius 1 is 1.39 bits per heavy atom. The molecule has 0 aliphatic heterocycles. The average Bonchev–Trinajstić information content (AvgIpc) is 2.35. The minimum absolute atomic E-state index is 0. The van der Waals surface area contributed by atoms with E-state index in [0.717, 1.165) is 17.6 Å². The molecule has 2 N–H and O–H groups in total. The van der Waals surface area contributed by atoms with E-state index < -0.39 is 0 Å². The van der Waals surface area contributed by atoms with Crippen LogP contribution in [0, 0.1) is 0 Å². The lowest BCUT2D eigenvalue weighted by Crippen LogP contribution is -2.31. The summed E-state index contributed by atoms with van der Waals surface area (Å²) in [6, 6.07) is 5.32. The molecule has 1 aromatic rings. The third-order valence-corrected chi connectivity index (χ3v) is 2.95. The summed E-state index contributed by atoms with van der Waals surface area (Å²) in [4.78, 5) is 11.9. The second-order valence-electron chi connectivity index (χ2n) is 3.46. The Morgan fingerprint density at radius 3 is 2.72 bits per heavy atom. The number of nitrogens with one attached hydrogen (secondary N) is 2. The Morgan fingerprint density at radius 2 is 2.11 bits per heavy atom. The fourth-order valence-electron chi connectivity index (χ4n) is 1.34. The number of hydrogen-bond donors (Lipinski definition) is 2. The van der Waals surface area contributed by atoms with E-state index in [2.05, 4.69) is 26.6 Å². The lowest BCUT2D eigenvalue weighted by Gasteiger charge is -2.08. The molecule has 18 heavy (non-hydrogen) atoms. The van der Waals surface area contributed by atoms with Crippen molar-refractivity contribution in [2.24, 2.45) is 0 Å². The molecule has 0 aliphatic rings. The Kier molecular flexibility index (Phi) is 8.79. The maximum absolute atomic E-state index is 11.9. The highest BCUT2D eigenvalue weighted by Gasteiger charge is 2.10. The zero-order chi connectivity index (χ0) is 12.7. The van der Waals surface area contributed by atoms with Crippen LogP contribution in [-0.2, 0) is 0 Å². The minimum atomic E-state index is -0.103. The van der Waals surface area contributed by atoms with Gasteiger partial charge in [0.1, 0.15) is 5.75 Å². The van der Waals surface area contributed by atoms with E-state index in [1.54, 1.807) is 25.3 Å². The predicted molar refractivity (Wildman–Crippen MR) is 78.8 cm³/mol. The summed E-state index contributed by atoms with van der Waals surface area (Å²) in [6.07, 6.45) is 0. The molecule has 4 nitrogen and oxygen atoms in total. The van der Waals surface area contributed by atoms with Gasteiger partial charge in [-0.15, -0.1) is 12.4 Å². The van der Waals surface area contributed by atoms with Gasteiger partial charge >= 0.3 is 0 Å². The molecule has 6 heteroatoms. The average molecular weight is 338 g/mol. The molecular formula is C12H18BrClN2O2. The first kappa shape index (κ1) is 17.2. The van der Waals surface area contributed by atoms with Gasteiger partial charge in [0.25, 0.3) is 5.91 Å². The monoisotopic (exact) mass is 336 g/mol. The zero-order valence-electron chi connectivity index (χ0n) is 10.5. The summed E-state index contributed by atoms with van der Waals surface area (Å²) >= 11 is 3.35. The van der Waals surface area contributed by atoms with Crippen LogP contribution in [0.2, 0.25) is 0 Å². The smallest absolute Gasteiger partial charge is 0.252 e. The molecule has 102 valence electrons. The van der Waals surface area contributed by atoms with Crippen molar-refractivity contribution in [2.75, 3.05) is 26.7 Å².